The number of ether oxygens (including phenoxy) is 1. The summed E-state index contributed by atoms with van der Waals surface area (Å²) in [5.41, 5.74) is 1.52. The Morgan fingerprint density at radius 2 is 1.00 bits per heavy atom. The Morgan fingerprint density at radius 3 is 1.48 bits per heavy atom. The predicted octanol–water partition coefficient (Wildman–Crippen LogP) is 7.66. The molecule has 0 unspecified atom stereocenters. The van der Waals surface area contributed by atoms with Gasteiger partial charge < -0.3 is 4.74 Å². The second kappa shape index (κ2) is 11.1. The normalized spacial score (nSPS) is 11.5. The van der Waals surface area contributed by atoms with E-state index in [1.54, 1.807) is 12.5 Å². The minimum Gasteiger partial charge on any atom is -0.473 e. The lowest BCUT2D eigenvalue weighted by Gasteiger charge is -2.04. The van der Waals surface area contributed by atoms with Crippen molar-refractivity contribution in [3.05, 3.63) is 121 Å². The maximum absolute atomic E-state index is 12.6. The molecule has 0 spiro atoms. The molecular weight excluding hydrogens is 408 g/mol. The maximum Gasteiger partial charge on any atom is 0.163 e. The molecule has 0 heterocycles. The molecule has 0 fully saturated rings. The molecule has 0 aliphatic heterocycles. The van der Waals surface area contributed by atoms with Gasteiger partial charge in [0.1, 0.15) is 0 Å². The molecule has 3 heteroatoms. The lowest BCUT2D eigenvalue weighted by molar-refractivity contribution is 0.0977. The molecule has 33 heavy (non-hydrogen) atoms. The highest BCUT2D eigenvalue weighted by molar-refractivity contribution is 6.08. The van der Waals surface area contributed by atoms with Crippen LogP contribution in [-0.4, -0.2) is 11.6 Å². The molecule has 0 aliphatic carbocycles. The number of fused-ring (bicyclic) bond motifs is 2. The van der Waals surface area contributed by atoms with Gasteiger partial charge in [0.25, 0.3) is 0 Å². The lowest BCUT2D eigenvalue weighted by atomic mass is 9.99. The van der Waals surface area contributed by atoms with Crippen LogP contribution in [0.5, 0.6) is 0 Å². The Kier molecular flexibility index (Phi) is 7.44. The van der Waals surface area contributed by atoms with Gasteiger partial charge in [0, 0.05) is 24.0 Å². The number of hydrogen-bond donors (Lipinski definition) is 0. The van der Waals surface area contributed by atoms with Crippen LogP contribution in [-0.2, 0) is 4.74 Å². The molecule has 0 aromatic heterocycles. The first-order valence-electron chi connectivity index (χ1n) is 11.2. The third-order valence-corrected chi connectivity index (χ3v) is 5.61. The van der Waals surface area contributed by atoms with E-state index in [1.807, 2.05) is 97.1 Å². The first kappa shape index (κ1) is 22.2. The topological polar surface area (TPSA) is 43.4 Å². The molecule has 3 nitrogen and oxygen atoms in total. The molecule has 0 amide bonds. The minimum atomic E-state index is 0.124. The zero-order valence-corrected chi connectivity index (χ0v) is 18.4. The molecule has 0 bridgehead atoms. The molecule has 0 N–H and O–H groups in total. The van der Waals surface area contributed by atoms with Gasteiger partial charge in [-0.3, -0.25) is 9.59 Å². The van der Waals surface area contributed by atoms with E-state index in [0.717, 1.165) is 32.7 Å². The maximum atomic E-state index is 12.6. The number of ketones is 2. The fraction of sp³-hybridized carbons (Fsp3) is 0.133. The van der Waals surface area contributed by atoms with Gasteiger partial charge >= 0.3 is 0 Å². The molecule has 0 saturated heterocycles. The summed E-state index contributed by atoms with van der Waals surface area (Å²) in [5, 5.41) is 4.13. The second-order valence-electron chi connectivity index (χ2n) is 7.86. The zero-order chi connectivity index (χ0) is 22.9. The van der Waals surface area contributed by atoms with Crippen molar-refractivity contribution in [3.63, 3.8) is 0 Å². The molecule has 0 saturated carbocycles. The lowest BCUT2D eigenvalue weighted by Crippen LogP contribution is -1.99. The average molecular weight is 435 g/mol. The van der Waals surface area contributed by atoms with Gasteiger partial charge in [0.2, 0.25) is 0 Å². The second-order valence-corrected chi connectivity index (χ2v) is 7.86. The molecule has 4 rings (SSSR count). The van der Waals surface area contributed by atoms with Gasteiger partial charge in [0.05, 0.1) is 12.5 Å². The van der Waals surface area contributed by atoms with Gasteiger partial charge in [0.15, 0.2) is 11.6 Å². The highest BCUT2D eigenvalue weighted by Gasteiger charge is 2.09. The summed E-state index contributed by atoms with van der Waals surface area (Å²) in [4.78, 5) is 25.1. The van der Waals surface area contributed by atoms with Gasteiger partial charge in [-0.25, -0.2) is 0 Å². The molecule has 0 atom stereocenters. The van der Waals surface area contributed by atoms with Crippen molar-refractivity contribution in [1.29, 1.82) is 0 Å². The Bertz CT molecular complexity index is 1220. The molecule has 4 aromatic rings. The highest BCUT2D eigenvalue weighted by Crippen LogP contribution is 2.21. The quantitative estimate of drug-likeness (QED) is 0.190. The fourth-order valence-electron chi connectivity index (χ4n) is 3.93. The number of hydrogen-bond acceptors (Lipinski definition) is 3. The molecule has 0 aliphatic rings. The van der Waals surface area contributed by atoms with E-state index in [9.17, 15) is 9.59 Å². The van der Waals surface area contributed by atoms with E-state index in [4.69, 9.17) is 4.74 Å². The summed E-state index contributed by atoms with van der Waals surface area (Å²) in [6.45, 7) is 0. The summed E-state index contributed by atoms with van der Waals surface area (Å²) in [6, 6.07) is 27.5. The largest absolute Gasteiger partial charge is 0.473 e. The van der Waals surface area contributed by atoms with Crippen LogP contribution in [0.25, 0.3) is 21.5 Å². The Labute approximate surface area is 194 Å². The number of allylic oxidation sites excluding steroid dienone is 2. The van der Waals surface area contributed by atoms with Crippen molar-refractivity contribution >= 4 is 33.1 Å². The summed E-state index contributed by atoms with van der Waals surface area (Å²) in [7, 11) is 0. The highest BCUT2D eigenvalue weighted by atomic mass is 16.5. The Hall–Kier alpha value is -3.98. The number of benzene rings is 4. The van der Waals surface area contributed by atoms with Crippen LogP contribution in [0.1, 0.15) is 46.4 Å². The number of carbonyl (C=O) groups is 2. The molecule has 4 aromatic carbocycles. The van der Waals surface area contributed by atoms with Crippen LogP contribution in [0.3, 0.4) is 0 Å². The third kappa shape index (κ3) is 5.64. The third-order valence-electron chi connectivity index (χ3n) is 5.61. The van der Waals surface area contributed by atoms with Crippen LogP contribution in [0, 0.1) is 0 Å². The first-order valence-corrected chi connectivity index (χ1v) is 11.2. The fourth-order valence-corrected chi connectivity index (χ4v) is 3.93. The number of rotatable bonds is 10. The average Bonchev–Trinajstić information content (AvgIpc) is 2.86. The summed E-state index contributed by atoms with van der Waals surface area (Å²) < 4.78 is 5.37. The SMILES string of the molecule is O=C(CCC=COC=CCCC(=O)c1cccc2ccccc12)c1cccc2ccccc12. The van der Waals surface area contributed by atoms with Crippen molar-refractivity contribution in [3.8, 4) is 0 Å². The van der Waals surface area contributed by atoms with Crippen LogP contribution in [0.4, 0.5) is 0 Å². The van der Waals surface area contributed by atoms with Crippen molar-refractivity contribution < 1.29 is 14.3 Å². The Balaban J connectivity index is 1.20. The van der Waals surface area contributed by atoms with E-state index in [1.165, 1.54) is 0 Å². The van der Waals surface area contributed by atoms with Gasteiger partial charge in [-0.15, -0.1) is 0 Å². The summed E-state index contributed by atoms with van der Waals surface area (Å²) >= 11 is 0. The van der Waals surface area contributed by atoms with Crippen molar-refractivity contribution in [2.24, 2.45) is 0 Å². The van der Waals surface area contributed by atoms with E-state index >= 15 is 0 Å². The standard InChI is InChI=1S/C30H26O3/c31-29(27-17-9-13-23-11-1-3-15-25(23)27)19-5-7-21-33-22-8-6-20-30(32)28-18-10-14-24-12-2-4-16-26(24)28/h1-4,7-18,21-22H,5-6,19-20H2. The summed E-state index contributed by atoms with van der Waals surface area (Å²) in [5.74, 6) is 0.248. The van der Waals surface area contributed by atoms with Gasteiger partial charge in [-0.2, -0.15) is 0 Å². The molecular formula is C30H26O3. The smallest absolute Gasteiger partial charge is 0.163 e. The zero-order valence-electron chi connectivity index (χ0n) is 18.4. The van der Waals surface area contributed by atoms with E-state index in [2.05, 4.69) is 0 Å². The van der Waals surface area contributed by atoms with Crippen LogP contribution < -0.4 is 0 Å². The van der Waals surface area contributed by atoms with Crippen LogP contribution in [0.15, 0.2) is 110 Å². The molecule has 164 valence electrons. The van der Waals surface area contributed by atoms with Crippen molar-refractivity contribution in [2.75, 3.05) is 0 Å². The van der Waals surface area contributed by atoms with Crippen LogP contribution in [0.2, 0.25) is 0 Å². The van der Waals surface area contributed by atoms with Crippen molar-refractivity contribution in [1.82, 2.24) is 0 Å². The van der Waals surface area contributed by atoms with Gasteiger partial charge in [-0.05, 0) is 46.5 Å². The predicted molar refractivity (Wildman–Crippen MR) is 134 cm³/mol. The number of Topliss-reactive ketones (excluding diaryl/α,β-unsaturated/α-hetero) is 2. The minimum absolute atomic E-state index is 0.124. The van der Waals surface area contributed by atoms with E-state index in [-0.39, 0.29) is 11.6 Å². The Morgan fingerprint density at radius 1 is 0.576 bits per heavy atom. The number of carbonyl (C=O) groups excluding carboxylic acids is 2. The first-order chi connectivity index (χ1) is 16.2. The van der Waals surface area contributed by atoms with E-state index in [0.29, 0.717) is 25.7 Å². The van der Waals surface area contributed by atoms with Crippen molar-refractivity contribution in [2.45, 2.75) is 25.7 Å². The molecule has 0 radical (unpaired) electrons. The summed E-state index contributed by atoms with van der Waals surface area (Å²) in [6.07, 6.45) is 8.92. The van der Waals surface area contributed by atoms with E-state index < -0.39 is 0 Å². The van der Waals surface area contributed by atoms with Crippen LogP contribution >= 0.6 is 0 Å². The van der Waals surface area contributed by atoms with Gasteiger partial charge in [-0.1, -0.05) is 84.9 Å². The monoisotopic (exact) mass is 434 g/mol.